The molecule has 0 aliphatic rings. The van der Waals surface area contributed by atoms with E-state index in [0.29, 0.717) is 5.89 Å². The van der Waals surface area contributed by atoms with Gasteiger partial charge in [-0.2, -0.15) is 0 Å². The zero-order valence-electron chi connectivity index (χ0n) is 12.9. The predicted molar refractivity (Wildman–Crippen MR) is 85.4 cm³/mol. The van der Waals surface area contributed by atoms with Crippen LogP contribution in [0, 0.1) is 0 Å². The molecule has 2 aromatic rings. The number of rotatable bonds is 3. The van der Waals surface area contributed by atoms with E-state index in [1.807, 2.05) is 12.1 Å². The molecule has 0 N–H and O–H groups in total. The summed E-state index contributed by atoms with van der Waals surface area (Å²) in [5.41, 5.74) is 4.19. The number of hydrogen-bond donors (Lipinski definition) is 0. The minimum atomic E-state index is 0.117. The van der Waals surface area contributed by atoms with Crippen molar-refractivity contribution in [3.63, 3.8) is 0 Å². The normalized spacial score (nSPS) is 13.6. The summed E-state index contributed by atoms with van der Waals surface area (Å²) < 4.78 is 5.84. The van der Waals surface area contributed by atoms with Crippen molar-refractivity contribution in [3.05, 3.63) is 35.7 Å². The standard InChI is InChI=1S/C17H22N2O/c1-6-12(9-10-18-5)16-19-14-11-13(17(2,3)4)7-8-15(14)20-16/h7-11H,6H2,1-5H3/b12-9+,18-10?. The lowest BCUT2D eigenvalue weighted by Crippen LogP contribution is -2.10. The van der Waals surface area contributed by atoms with Gasteiger partial charge in [0.25, 0.3) is 0 Å². The molecule has 0 unspecified atom stereocenters. The van der Waals surface area contributed by atoms with Crippen LogP contribution in [0.2, 0.25) is 0 Å². The fourth-order valence-electron chi connectivity index (χ4n) is 2.04. The molecule has 2 rings (SSSR count). The number of aliphatic imine (C=N–C) groups is 1. The molecule has 0 aliphatic carbocycles. The number of fused-ring (bicyclic) bond motifs is 1. The van der Waals surface area contributed by atoms with Gasteiger partial charge >= 0.3 is 0 Å². The van der Waals surface area contributed by atoms with Crippen LogP contribution in [0.1, 0.15) is 45.6 Å². The number of benzene rings is 1. The van der Waals surface area contributed by atoms with Crippen LogP contribution < -0.4 is 0 Å². The van der Waals surface area contributed by atoms with Crippen molar-refractivity contribution in [1.82, 2.24) is 4.98 Å². The Morgan fingerprint density at radius 1 is 1.35 bits per heavy atom. The molecule has 20 heavy (non-hydrogen) atoms. The summed E-state index contributed by atoms with van der Waals surface area (Å²) >= 11 is 0. The fraction of sp³-hybridized carbons (Fsp3) is 0.412. The van der Waals surface area contributed by atoms with Crippen LogP contribution in [-0.4, -0.2) is 18.2 Å². The van der Waals surface area contributed by atoms with Crippen LogP contribution in [0.5, 0.6) is 0 Å². The maximum atomic E-state index is 5.84. The van der Waals surface area contributed by atoms with Crippen LogP contribution in [0.25, 0.3) is 16.7 Å². The van der Waals surface area contributed by atoms with Crippen molar-refractivity contribution < 1.29 is 4.42 Å². The fourth-order valence-corrected chi connectivity index (χ4v) is 2.04. The number of oxazole rings is 1. The number of aromatic nitrogens is 1. The Morgan fingerprint density at radius 3 is 2.70 bits per heavy atom. The molecule has 1 aromatic carbocycles. The summed E-state index contributed by atoms with van der Waals surface area (Å²) in [6, 6.07) is 6.23. The van der Waals surface area contributed by atoms with E-state index in [1.54, 1.807) is 13.3 Å². The number of hydrogen-bond acceptors (Lipinski definition) is 3. The maximum absolute atomic E-state index is 5.84. The zero-order valence-corrected chi connectivity index (χ0v) is 12.9. The Labute approximate surface area is 120 Å². The van der Waals surface area contributed by atoms with Gasteiger partial charge in [-0.3, -0.25) is 4.99 Å². The van der Waals surface area contributed by atoms with Crippen LogP contribution >= 0.6 is 0 Å². The molecule has 0 atom stereocenters. The summed E-state index contributed by atoms with van der Waals surface area (Å²) in [7, 11) is 1.76. The Kier molecular flexibility index (Phi) is 4.07. The topological polar surface area (TPSA) is 38.4 Å². The quantitative estimate of drug-likeness (QED) is 0.763. The number of allylic oxidation sites excluding steroid dienone is 2. The summed E-state index contributed by atoms with van der Waals surface area (Å²) in [5.74, 6) is 0.688. The molecule has 0 aliphatic heterocycles. The third-order valence-electron chi connectivity index (χ3n) is 3.33. The van der Waals surface area contributed by atoms with E-state index in [0.717, 1.165) is 23.1 Å². The molecule has 0 amide bonds. The molecule has 3 nitrogen and oxygen atoms in total. The second-order valence-electron chi connectivity index (χ2n) is 5.90. The third kappa shape index (κ3) is 2.98. The van der Waals surface area contributed by atoms with Crippen LogP contribution in [0.4, 0.5) is 0 Å². The number of nitrogens with zero attached hydrogens (tertiary/aromatic N) is 2. The maximum Gasteiger partial charge on any atom is 0.223 e. The van der Waals surface area contributed by atoms with E-state index in [1.165, 1.54) is 5.56 Å². The average Bonchev–Trinajstić information content (AvgIpc) is 2.81. The van der Waals surface area contributed by atoms with Crippen molar-refractivity contribution in [1.29, 1.82) is 0 Å². The third-order valence-corrected chi connectivity index (χ3v) is 3.33. The minimum absolute atomic E-state index is 0.117. The highest BCUT2D eigenvalue weighted by Crippen LogP contribution is 2.28. The Hall–Kier alpha value is -1.90. The molecule has 0 radical (unpaired) electrons. The first-order valence-corrected chi connectivity index (χ1v) is 6.98. The van der Waals surface area contributed by atoms with Crippen LogP contribution in [-0.2, 0) is 5.41 Å². The predicted octanol–water partition coefficient (Wildman–Crippen LogP) is 4.62. The lowest BCUT2D eigenvalue weighted by molar-refractivity contribution is 0.579. The highest BCUT2D eigenvalue weighted by molar-refractivity contribution is 5.84. The Morgan fingerprint density at radius 2 is 2.10 bits per heavy atom. The van der Waals surface area contributed by atoms with E-state index in [-0.39, 0.29) is 5.41 Å². The van der Waals surface area contributed by atoms with Gasteiger partial charge in [-0.25, -0.2) is 4.98 Å². The molecule has 0 saturated carbocycles. The van der Waals surface area contributed by atoms with Crippen molar-refractivity contribution in [3.8, 4) is 0 Å². The lowest BCUT2D eigenvalue weighted by atomic mass is 9.87. The summed E-state index contributed by atoms with van der Waals surface area (Å²) in [6.07, 6.45) is 4.59. The summed E-state index contributed by atoms with van der Waals surface area (Å²) in [6.45, 7) is 8.68. The monoisotopic (exact) mass is 270 g/mol. The first-order chi connectivity index (χ1) is 9.45. The summed E-state index contributed by atoms with van der Waals surface area (Å²) in [5, 5.41) is 0. The molecule has 0 saturated heterocycles. The molecular weight excluding hydrogens is 248 g/mol. The Bertz CT molecular complexity index is 657. The van der Waals surface area contributed by atoms with Gasteiger partial charge in [-0.1, -0.05) is 33.8 Å². The van der Waals surface area contributed by atoms with E-state index < -0.39 is 0 Å². The van der Waals surface area contributed by atoms with Crippen molar-refractivity contribution in [2.24, 2.45) is 4.99 Å². The molecule has 106 valence electrons. The van der Waals surface area contributed by atoms with Gasteiger partial charge in [-0.15, -0.1) is 0 Å². The van der Waals surface area contributed by atoms with E-state index in [4.69, 9.17) is 4.42 Å². The van der Waals surface area contributed by atoms with Gasteiger partial charge in [0, 0.05) is 18.8 Å². The smallest absolute Gasteiger partial charge is 0.223 e. The van der Waals surface area contributed by atoms with Crippen LogP contribution in [0.15, 0.2) is 33.7 Å². The van der Waals surface area contributed by atoms with Crippen molar-refractivity contribution in [2.45, 2.75) is 39.5 Å². The highest BCUT2D eigenvalue weighted by atomic mass is 16.3. The first kappa shape index (κ1) is 14.5. The molecule has 3 heteroatoms. The van der Waals surface area contributed by atoms with Gasteiger partial charge in [-0.05, 0) is 35.6 Å². The van der Waals surface area contributed by atoms with E-state index in [9.17, 15) is 0 Å². The van der Waals surface area contributed by atoms with E-state index in [2.05, 4.69) is 49.8 Å². The van der Waals surface area contributed by atoms with Gasteiger partial charge in [0.15, 0.2) is 5.58 Å². The van der Waals surface area contributed by atoms with Gasteiger partial charge in [0.2, 0.25) is 5.89 Å². The largest absolute Gasteiger partial charge is 0.436 e. The molecule has 0 fully saturated rings. The highest BCUT2D eigenvalue weighted by Gasteiger charge is 2.16. The van der Waals surface area contributed by atoms with Crippen molar-refractivity contribution >= 4 is 22.9 Å². The molecule has 0 spiro atoms. The molecule has 0 bridgehead atoms. The zero-order chi connectivity index (χ0) is 14.8. The van der Waals surface area contributed by atoms with E-state index >= 15 is 0 Å². The lowest BCUT2D eigenvalue weighted by Gasteiger charge is -2.18. The van der Waals surface area contributed by atoms with Gasteiger partial charge < -0.3 is 4.42 Å². The molecular formula is C17H22N2O. The minimum Gasteiger partial charge on any atom is -0.436 e. The second kappa shape index (κ2) is 5.61. The van der Waals surface area contributed by atoms with Gasteiger partial charge in [0.05, 0.1) is 0 Å². The second-order valence-corrected chi connectivity index (χ2v) is 5.90. The molecule has 1 heterocycles. The van der Waals surface area contributed by atoms with Crippen LogP contribution in [0.3, 0.4) is 0 Å². The molecule has 1 aromatic heterocycles. The van der Waals surface area contributed by atoms with Gasteiger partial charge in [0.1, 0.15) is 5.52 Å². The average molecular weight is 270 g/mol. The summed E-state index contributed by atoms with van der Waals surface area (Å²) in [4.78, 5) is 8.59. The van der Waals surface area contributed by atoms with Crippen molar-refractivity contribution in [2.75, 3.05) is 7.05 Å². The SMILES string of the molecule is CC/C(=C\C=NC)c1nc2cc(C(C)(C)C)ccc2o1. The first-order valence-electron chi connectivity index (χ1n) is 6.98. The Balaban J connectivity index is 2.48.